The first-order valence-electron chi connectivity index (χ1n) is 6.13. The largest absolute Gasteiger partial charge is 0.497 e. The third kappa shape index (κ3) is 1.96. The van der Waals surface area contributed by atoms with Crippen LogP contribution in [0.1, 0.15) is 5.69 Å². The lowest BCUT2D eigenvalue weighted by Crippen LogP contribution is -2.04. The van der Waals surface area contributed by atoms with Gasteiger partial charge in [0.05, 0.1) is 18.8 Å². The number of benzene rings is 1. The number of imidazole rings is 1. The quantitative estimate of drug-likeness (QED) is 0.780. The van der Waals surface area contributed by atoms with Gasteiger partial charge in [-0.2, -0.15) is 0 Å². The summed E-state index contributed by atoms with van der Waals surface area (Å²) in [6.45, 7) is 0.477. The van der Waals surface area contributed by atoms with E-state index in [1.165, 1.54) is 0 Å². The molecular weight excluding hydrogens is 238 g/mol. The normalized spacial score (nSPS) is 10.8. The highest BCUT2D eigenvalue weighted by Gasteiger charge is 2.09. The molecule has 2 N–H and O–H groups in total. The molecule has 19 heavy (non-hydrogen) atoms. The van der Waals surface area contributed by atoms with E-state index in [1.54, 1.807) is 7.11 Å². The first-order chi connectivity index (χ1) is 9.33. The third-order valence-corrected chi connectivity index (χ3v) is 3.17. The summed E-state index contributed by atoms with van der Waals surface area (Å²) in [5.41, 5.74) is 8.90. The summed E-state index contributed by atoms with van der Waals surface area (Å²) in [5.74, 6) is 1.70. The van der Waals surface area contributed by atoms with Crippen LogP contribution >= 0.6 is 0 Å². The molecule has 0 bridgehead atoms. The van der Waals surface area contributed by atoms with Crippen LogP contribution in [0.5, 0.6) is 5.75 Å². The Morgan fingerprint density at radius 2 is 2.05 bits per heavy atom. The van der Waals surface area contributed by atoms with E-state index in [0.717, 1.165) is 28.3 Å². The minimum Gasteiger partial charge on any atom is -0.497 e. The van der Waals surface area contributed by atoms with Crippen molar-refractivity contribution >= 4 is 5.52 Å². The Kier molecular flexibility index (Phi) is 2.93. The summed E-state index contributed by atoms with van der Waals surface area (Å²) < 4.78 is 7.34. The van der Waals surface area contributed by atoms with Crippen molar-refractivity contribution < 1.29 is 4.74 Å². The summed E-state index contributed by atoms with van der Waals surface area (Å²) in [7, 11) is 1.66. The van der Waals surface area contributed by atoms with Gasteiger partial charge in [-0.25, -0.2) is 4.98 Å². The van der Waals surface area contributed by atoms with Gasteiger partial charge >= 0.3 is 0 Å². The van der Waals surface area contributed by atoms with Gasteiger partial charge in [-0.1, -0.05) is 18.2 Å². The molecule has 0 radical (unpaired) electrons. The maximum atomic E-state index is 5.80. The third-order valence-electron chi connectivity index (χ3n) is 3.17. The van der Waals surface area contributed by atoms with E-state index < -0.39 is 0 Å². The fraction of sp³-hybridized carbons (Fsp3) is 0.133. The molecule has 1 aromatic carbocycles. The van der Waals surface area contributed by atoms with Gasteiger partial charge in [-0.3, -0.25) is 4.40 Å². The van der Waals surface area contributed by atoms with Crippen molar-refractivity contribution in [3.63, 3.8) is 0 Å². The molecule has 0 saturated heterocycles. The lowest BCUT2D eigenvalue weighted by Gasteiger charge is -2.08. The Morgan fingerprint density at radius 1 is 1.21 bits per heavy atom. The van der Waals surface area contributed by atoms with Gasteiger partial charge in [-0.15, -0.1) is 0 Å². The monoisotopic (exact) mass is 253 g/mol. The molecule has 0 fully saturated rings. The van der Waals surface area contributed by atoms with Crippen LogP contribution in [0, 0.1) is 0 Å². The smallest absolute Gasteiger partial charge is 0.144 e. The van der Waals surface area contributed by atoms with Gasteiger partial charge in [-0.05, 0) is 24.3 Å². The highest BCUT2D eigenvalue weighted by Crippen LogP contribution is 2.24. The summed E-state index contributed by atoms with van der Waals surface area (Å²) in [5, 5.41) is 0. The molecule has 4 heteroatoms. The molecule has 96 valence electrons. The molecule has 2 heterocycles. The van der Waals surface area contributed by atoms with Crippen molar-refractivity contribution in [2.45, 2.75) is 6.54 Å². The molecular formula is C15H15N3O. The van der Waals surface area contributed by atoms with E-state index in [1.807, 2.05) is 48.7 Å². The fourth-order valence-electron chi connectivity index (χ4n) is 2.24. The molecule has 2 aromatic heterocycles. The van der Waals surface area contributed by atoms with E-state index in [4.69, 9.17) is 10.5 Å². The number of nitrogens with two attached hydrogens (primary N) is 1. The Hall–Kier alpha value is -2.33. The summed E-state index contributed by atoms with van der Waals surface area (Å²) in [6.07, 6.45) is 1.86. The zero-order valence-corrected chi connectivity index (χ0v) is 10.7. The minimum atomic E-state index is 0.477. The number of pyridine rings is 1. The first kappa shape index (κ1) is 11.7. The number of ether oxygens (including phenoxy) is 1. The second-order valence-corrected chi connectivity index (χ2v) is 4.30. The standard InChI is InChI=1S/C15H15N3O/c1-19-14-7-2-4-11(8-14)15-17-10-13-6-3-5-12(9-16)18(13)15/h2-8,10H,9,16H2,1H3. The van der Waals surface area contributed by atoms with Crippen LogP contribution in [0.4, 0.5) is 0 Å². The maximum Gasteiger partial charge on any atom is 0.144 e. The van der Waals surface area contributed by atoms with Crippen molar-refractivity contribution in [3.05, 3.63) is 54.4 Å². The first-order valence-corrected chi connectivity index (χ1v) is 6.13. The van der Waals surface area contributed by atoms with Crippen molar-refractivity contribution in [2.24, 2.45) is 5.73 Å². The number of hydrogen-bond acceptors (Lipinski definition) is 3. The number of hydrogen-bond donors (Lipinski definition) is 1. The van der Waals surface area contributed by atoms with Crippen molar-refractivity contribution in [2.75, 3.05) is 7.11 Å². The van der Waals surface area contributed by atoms with Crippen molar-refractivity contribution in [1.82, 2.24) is 9.38 Å². The number of nitrogens with zero attached hydrogens (tertiary/aromatic N) is 2. The molecule has 0 atom stereocenters. The minimum absolute atomic E-state index is 0.477. The van der Waals surface area contributed by atoms with Crippen LogP contribution in [0.15, 0.2) is 48.7 Å². The number of aromatic nitrogens is 2. The molecule has 0 aliphatic heterocycles. The second kappa shape index (κ2) is 4.74. The number of methoxy groups -OCH3 is 1. The number of rotatable bonds is 3. The Bertz CT molecular complexity index is 718. The zero-order chi connectivity index (χ0) is 13.2. The van der Waals surface area contributed by atoms with Crippen LogP contribution < -0.4 is 10.5 Å². The van der Waals surface area contributed by atoms with Crippen LogP contribution in [0.25, 0.3) is 16.9 Å². The van der Waals surface area contributed by atoms with E-state index in [-0.39, 0.29) is 0 Å². The lowest BCUT2D eigenvalue weighted by molar-refractivity contribution is 0.415. The Balaban J connectivity index is 2.24. The van der Waals surface area contributed by atoms with Gasteiger partial charge in [0, 0.05) is 17.8 Å². The van der Waals surface area contributed by atoms with Crippen LogP contribution in [-0.4, -0.2) is 16.5 Å². The molecule has 0 saturated carbocycles. The highest BCUT2D eigenvalue weighted by molar-refractivity contribution is 5.64. The molecule has 0 unspecified atom stereocenters. The van der Waals surface area contributed by atoms with Crippen LogP contribution in [0.3, 0.4) is 0 Å². The average molecular weight is 253 g/mol. The van der Waals surface area contributed by atoms with E-state index in [0.29, 0.717) is 6.54 Å². The molecule has 0 spiro atoms. The van der Waals surface area contributed by atoms with E-state index in [9.17, 15) is 0 Å². The van der Waals surface area contributed by atoms with Crippen molar-refractivity contribution in [1.29, 1.82) is 0 Å². The molecule has 0 aliphatic rings. The second-order valence-electron chi connectivity index (χ2n) is 4.30. The topological polar surface area (TPSA) is 52.5 Å². The van der Waals surface area contributed by atoms with Gasteiger partial charge in [0.15, 0.2) is 0 Å². The van der Waals surface area contributed by atoms with Crippen LogP contribution in [0.2, 0.25) is 0 Å². The van der Waals surface area contributed by atoms with E-state index in [2.05, 4.69) is 9.38 Å². The van der Waals surface area contributed by atoms with Gasteiger partial charge in [0.25, 0.3) is 0 Å². The van der Waals surface area contributed by atoms with E-state index >= 15 is 0 Å². The predicted molar refractivity (Wildman–Crippen MR) is 75.1 cm³/mol. The Labute approximate surface area is 111 Å². The fourth-order valence-corrected chi connectivity index (χ4v) is 2.24. The summed E-state index contributed by atoms with van der Waals surface area (Å²) >= 11 is 0. The summed E-state index contributed by atoms with van der Waals surface area (Å²) in [6, 6.07) is 13.9. The summed E-state index contributed by atoms with van der Waals surface area (Å²) in [4.78, 5) is 4.50. The predicted octanol–water partition coefficient (Wildman–Crippen LogP) is 2.47. The molecule has 4 nitrogen and oxygen atoms in total. The molecule has 3 aromatic rings. The van der Waals surface area contributed by atoms with Gasteiger partial charge < -0.3 is 10.5 Å². The molecule has 0 amide bonds. The number of fused-ring (bicyclic) bond motifs is 1. The lowest BCUT2D eigenvalue weighted by atomic mass is 10.2. The zero-order valence-electron chi connectivity index (χ0n) is 10.7. The average Bonchev–Trinajstić information content (AvgIpc) is 2.91. The van der Waals surface area contributed by atoms with Crippen molar-refractivity contribution in [3.8, 4) is 17.1 Å². The maximum absolute atomic E-state index is 5.80. The van der Waals surface area contributed by atoms with Gasteiger partial charge in [0.1, 0.15) is 11.6 Å². The Morgan fingerprint density at radius 3 is 2.84 bits per heavy atom. The van der Waals surface area contributed by atoms with Crippen LogP contribution in [-0.2, 0) is 6.54 Å². The highest BCUT2D eigenvalue weighted by atomic mass is 16.5. The SMILES string of the molecule is COc1cccc(-c2ncc3cccc(CN)n23)c1. The molecule has 3 rings (SSSR count). The molecule has 0 aliphatic carbocycles. The van der Waals surface area contributed by atoms with Gasteiger partial charge in [0.2, 0.25) is 0 Å².